The van der Waals surface area contributed by atoms with Crippen molar-refractivity contribution in [1.29, 1.82) is 0 Å². The van der Waals surface area contributed by atoms with Crippen molar-refractivity contribution in [3.8, 4) is 11.8 Å². The second kappa shape index (κ2) is 9.08. The van der Waals surface area contributed by atoms with E-state index in [4.69, 9.17) is 9.84 Å². The number of hydrogen-bond acceptors (Lipinski definition) is 4. The molecule has 0 radical (unpaired) electrons. The van der Waals surface area contributed by atoms with Gasteiger partial charge in [0, 0.05) is 18.9 Å². The van der Waals surface area contributed by atoms with Crippen molar-refractivity contribution in [1.82, 2.24) is 10.3 Å². The van der Waals surface area contributed by atoms with Gasteiger partial charge in [0.25, 0.3) is 5.91 Å². The molecule has 0 saturated heterocycles. The Hall–Kier alpha value is -1.90. The Morgan fingerprint density at radius 2 is 2.35 bits per heavy atom. The van der Waals surface area contributed by atoms with E-state index in [1.807, 2.05) is 0 Å². The highest BCUT2D eigenvalue weighted by molar-refractivity contribution is 5.92. The van der Waals surface area contributed by atoms with Gasteiger partial charge >= 0.3 is 0 Å². The number of aliphatic hydroxyl groups excluding tert-OH is 1. The summed E-state index contributed by atoms with van der Waals surface area (Å²) in [5, 5.41) is 11.5. The van der Waals surface area contributed by atoms with Crippen molar-refractivity contribution >= 4 is 5.91 Å². The highest BCUT2D eigenvalue weighted by Crippen LogP contribution is 2.02. The molecule has 1 heterocycles. The topological polar surface area (TPSA) is 71.5 Å². The summed E-state index contributed by atoms with van der Waals surface area (Å²) in [6.45, 7) is 2.35. The van der Waals surface area contributed by atoms with Crippen molar-refractivity contribution < 1.29 is 14.6 Å². The van der Waals surface area contributed by atoms with Crippen LogP contribution in [-0.2, 0) is 4.74 Å². The molecule has 5 nitrogen and oxygen atoms in total. The molecule has 5 heteroatoms. The minimum Gasteiger partial charge on any atom is -0.384 e. The number of methoxy groups -OCH3 is 1. The van der Waals surface area contributed by atoms with Crippen LogP contribution in [0.25, 0.3) is 0 Å². The van der Waals surface area contributed by atoms with Crippen molar-refractivity contribution in [3.63, 3.8) is 0 Å². The van der Waals surface area contributed by atoms with Gasteiger partial charge in [-0.3, -0.25) is 4.79 Å². The minimum atomic E-state index is -0.220. The van der Waals surface area contributed by atoms with Crippen molar-refractivity contribution in [2.24, 2.45) is 0 Å². The molecule has 0 aromatic carbocycles. The molecule has 2 N–H and O–H groups in total. The number of nitrogens with one attached hydrogen (secondary N) is 1. The highest BCUT2D eigenvalue weighted by Gasteiger charge is 2.13. The van der Waals surface area contributed by atoms with E-state index < -0.39 is 0 Å². The third-order valence-corrected chi connectivity index (χ3v) is 2.65. The Kier molecular flexibility index (Phi) is 7.33. The number of carbonyl (C=O) groups is 1. The van der Waals surface area contributed by atoms with Crippen LogP contribution >= 0.6 is 0 Å². The lowest BCUT2D eigenvalue weighted by molar-refractivity contribution is 0.0886. The first-order valence-corrected chi connectivity index (χ1v) is 6.56. The third kappa shape index (κ3) is 5.39. The highest BCUT2D eigenvalue weighted by atomic mass is 16.5. The minimum absolute atomic E-state index is 0.00634. The molecule has 0 fully saturated rings. The molecule has 0 bridgehead atoms. The molecule has 20 heavy (non-hydrogen) atoms. The van der Waals surface area contributed by atoms with Gasteiger partial charge in [-0.1, -0.05) is 25.2 Å². The molecule has 1 rings (SSSR count). The number of rotatable bonds is 6. The Morgan fingerprint density at radius 1 is 1.55 bits per heavy atom. The van der Waals surface area contributed by atoms with Crippen LogP contribution in [-0.4, -0.2) is 42.4 Å². The van der Waals surface area contributed by atoms with E-state index in [-0.39, 0.29) is 18.6 Å². The third-order valence-electron chi connectivity index (χ3n) is 2.65. The molecule has 108 valence electrons. The lowest BCUT2D eigenvalue weighted by Crippen LogP contribution is -2.38. The molecule has 0 spiro atoms. The van der Waals surface area contributed by atoms with E-state index in [2.05, 4.69) is 29.1 Å². The van der Waals surface area contributed by atoms with Crippen LogP contribution in [0, 0.1) is 11.8 Å². The van der Waals surface area contributed by atoms with E-state index in [1.54, 1.807) is 19.2 Å². The SMILES string of the molecule is CCCC(COC)NC(=O)c1ccc(C#CCO)cn1. The van der Waals surface area contributed by atoms with Crippen molar-refractivity contribution in [3.05, 3.63) is 29.6 Å². The first kappa shape index (κ1) is 16.2. The predicted molar refractivity (Wildman–Crippen MR) is 76.2 cm³/mol. The quantitative estimate of drug-likeness (QED) is 0.760. The van der Waals surface area contributed by atoms with Crippen LogP contribution in [0.4, 0.5) is 0 Å². The van der Waals surface area contributed by atoms with Crippen LogP contribution < -0.4 is 5.32 Å². The first-order chi connectivity index (χ1) is 9.71. The normalized spacial score (nSPS) is 11.3. The zero-order valence-electron chi connectivity index (χ0n) is 11.8. The van der Waals surface area contributed by atoms with Gasteiger partial charge in [0.15, 0.2) is 0 Å². The molecule has 1 aromatic heterocycles. The molecular weight excluding hydrogens is 256 g/mol. The summed E-state index contributed by atoms with van der Waals surface area (Å²) in [4.78, 5) is 16.1. The van der Waals surface area contributed by atoms with Gasteiger partial charge in [-0.15, -0.1) is 0 Å². The lowest BCUT2D eigenvalue weighted by atomic mass is 10.1. The molecule has 1 amide bonds. The number of aliphatic hydroxyl groups is 1. The average Bonchev–Trinajstić information content (AvgIpc) is 2.46. The molecule has 0 aliphatic rings. The number of hydrogen-bond donors (Lipinski definition) is 2. The van der Waals surface area contributed by atoms with Gasteiger partial charge in [-0.05, 0) is 18.6 Å². The summed E-state index contributed by atoms with van der Waals surface area (Å²) in [7, 11) is 1.61. The second-order valence-electron chi connectivity index (χ2n) is 4.31. The summed E-state index contributed by atoms with van der Waals surface area (Å²) in [5.74, 6) is 5.03. The van der Waals surface area contributed by atoms with E-state index in [9.17, 15) is 4.79 Å². The number of amides is 1. The van der Waals surface area contributed by atoms with Gasteiger partial charge in [0.1, 0.15) is 12.3 Å². The van der Waals surface area contributed by atoms with Gasteiger partial charge in [-0.25, -0.2) is 4.98 Å². The molecule has 0 aliphatic heterocycles. The van der Waals surface area contributed by atoms with Crippen LogP contribution in [0.1, 0.15) is 35.8 Å². The molecule has 0 aliphatic carbocycles. The molecular formula is C15H20N2O3. The number of aromatic nitrogens is 1. The Bertz CT molecular complexity index is 468. The summed E-state index contributed by atoms with van der Waals surface area (Å²) >= 11 is 0. The van der Waals surface area contributed by atoms with E-state index >= 15 is 0 Å². The second-order valence-corrected chi connectivity index (χ2v) is 4.31. The van der Waals surface area contributed by atoms with Crippen LogP contribution in [0.5, 0.6) is 0 Å². The molecule has 1 atom stereocenters. The standard InChI is InChI=1S/C15H20N2O3/c1-3-5-13(11-20-2)17-15(19)14-8-7-12(10-16-14)6-4-9-18/h7-8,10,13,18H,3,5,9,11H2,1-2H3,(H,17,19). The van der Waals surface area contributed by atoms with Crippen LogP contribution in [0.15, 0.2) is 18.3 Å². The fraction of sp³-hybridized carbons (Fsp3) is 0.467. The average molecular weight is 276 g/mol. The van der Waals surface area contributed by atoms with Gasteiger partial charge in [0.2, 0.25) is 0 Å². The number of nitrogens with zero attached hydrogens (tertiary/aromatic N) is 1. The first-order valence-electron chi connectivity index (χ1n) is 6.56. The summed E-state index contributed by atoms with van der Waals surface area (Å²) in [5.41, 5.74) is 1.01. The predicted octanol–water partition coefficient (Wildman–Crippen LogP) is 0.970. The largest absolute Gasteiger partial charge is 0.384 e. The Morgan fingerprint density at radius 3 is 2.90 bits per heavy atom. The van der Waals surface area contributed by atoms with Crippen molar-refractivity contribution in [2.45, 2.75) is 25.8 Å². The summed E-state index contributed by atoms with van der Waals surface area (Å²) in [6.07, 6.45) is 3.35. The van der Waals surface area contributed by atoms with E-state index in [0.29, 0.717) is 17.9 Å². The summed E-state index contributed by atoms with van der Waals surface area (Å²) in [6, 6.07) is 3.32. The maximum absolute atomic E-state index is 12.0. The zero-order valence-corrected chi connectivity index (χ0v) is 11.8. The number of pyridine rings is 1. The van der Waals surface area contributed by atoms with E-state index in [1.165, 1.54) is 6.20 Å². The maximum Gasteiger partial charge on any atom is 0.270 e. The van der Waals surface area contributed by atoms with Crippen LogP contribution in [0.2, 0.25) is 0 Å². The van der Waals surface area contributed by atoms with Crippen molar-refractivity contribution in [2.75, 3.05) is 20.3 Å². The fourth-order valence-corrected chi connectivity index (χ4v) is 1.75. The summed E-state index contributed by atoms with van der Waals surface area (Å²) < 4.78 is 5.08. The maximum atomic E-state index is 12.0. The molecule has 1 aromatic rings. The monoisotopic (exact) mass is 276 g/mol. The number of carbonyl (C=O) groups excluding carboxylic acids is 1. The Balaban J connectivity index is 2.66. The fourth-order valence-electron chi connectivity index (χ4n) is 1.75. The molecule has 0 saturated carbocycles. The Labute approximate surface area is 119 Å². The van der Waals surface area contributed by atoms with E-state index in [0.717, 1.165) is 12.8 Å². The number of ether oxygens (including phenoxy) is 1. The van der Waals surface area contributed by atoms with Gasteiger partial charge < -0.3 is 15.2 Å². The zero-order chi connectivity index (χ0) is 14.8. The van der Waals surface area contributed by atoms with Crippen LogP contribution in [0.3, 0.4) is 0 Å². The lowest BCUT2D eigenvalue weighted by Gasteiger charge is -2.16. The van der Waals surface area contributed by atoms with Gasteiger partial charge in [-0.2, -0.15) is 0 Å². The smallest absolute Gasteiger partial charge is 0.270 e. The molecule has 1 unspecified atom stereocenters. The van der Waals surface area contributed by atoms with Gasteiger partial charge in [0.05, 0.1) is 12.6 Å².